The Hall–Kier alpha value is -1.28. The van der Waals surface area contributed by atoms with E-state index in [0.717, 1.165) is 50.5 Å². The second-order valence-electron chi connectivity index (χ2n) is 6.87. The van der Waals surface area contributed by atoms with Crippen molar-refractivity contribution in [2.24, 2.45) is 10.9 Å². The lowest BCUT2D eigenvalue weighted by Crippen LogP contribution is -2.52. The van der Waals surface area contributed by atoms with Crippen LogP contribution < -0.4 is 10.2 Å². The second kappa shape index (κ2) is 9.08. The molecule has 26 heavy (non-hydrogen) atoms. The Morgan fingerprint density at radius 3 is 2.54 bits per heavy atom. The van der Waals surface area contributed by atoms with Crippen molar-refractivity contribution in [3.8, 4) is 0 Å². The van der Waals surface area contributed by atoms with E-state index in [-0.39, 0.29) is 24.0 Å². The number of anilines is 1. The molecule has 2 aliphatic rings. The molecule has 0 spiro atoms. The van der Waals surface area contributed by atoms with Gasteiger partial charge >= 0.3 is 0 Å². The standard InChI is InChI=1S/C20H26N4S.HI/c1-21-20(22-15-17-14-18(17)16-6-3-2-4-7-16)24-11-9-23(10-12-24)19-8-5-13-25-19;/h2-8,13,17-18H,9-12,14-15H2,1H3,(H,21,22);1H. The topological polar surface area (TPSA) is 30.9 Å². The van der Waals surface area contributed by atoms with Crippen molar-refractivity contribution in [1.82, 2.24) is 10.2 Å². The molecule has 4 nitrogen and oxygen atoms in total. The monoisotopic (exact) mass is 482 g/mol. The summed E-state index contributed by atoms with van der Waals surface area (Å²) in [6.07, 6.45) is 1.29. The van der Waals surface area contributed by atoms with Crippen LogP contribution in [-0.2, 0) is 0 Å². The van der Waals surface area contributed by atoms with Crippen LogP contribution in [-0.4, -0.2) is 50.6 Å². The highest BCUT2D eigenvalue weighted by Gasteiger charge is 2.38. The Balaban J connectivity index is 0.00000196. The Bertz CT molecular complexity index is 696. The molecule has 1 N–H and O–H groups in total. The van der Waals surface area contributed by atoms with Crippen molar-refractivity contribution >= 4 is 46.3 Å². The van der Waals surface area contributed by atoms with Crippen LogP contribution in [0.2, 0.25) is 0 Å². The van der Waals surface area contributed by atoms with Crippen LogP contribution in [0.3, 0.4) is 0 Å². The Labute approximate surface area is 177 Å². The lowest BCUT2D eigenvalue weighted by atomic mass is 10.1. The van der Waals surface area contributed by atoms with Crippen molar-refractivity contribution < 1.29 is 0 Å². The molecule has 1 aliphatic heterocycles. The van der Waals surface area contributed by atoms with Gasteiger partial charge in [-0.15, -0.1) is 35.3 Å². The predicted octanol–water partition coefficient (Wildman–Crippen LogP) is 3.87. The maximum atomic E-state index is 4.51. The lowest BCUT2D eigenvalue weighted by molar-refractivity contribution is 0.372. The predicted molar refractivity (Wildman–Crippen MR) is 122 cm³/mol. The fourth-order valence-corrected chi connectivity index (χ4v) is 4.51. The van der Waals surface area contributed by atoms with Crippen LogP contribution in [0.25, 0.3) is 0 Å². The van der Waals surface area contributed by atoms with Gasteiger partial charge in [0.25, 0.3) is 0 Å². The third-order valence-corrected chi connectivity index (χ3v) is 6.21. The van der Waals surface area contributed by atoms with Crippen LogP contribution in [0.15, 0.2) is 52.8 Å². The summed E-state index contributed by atoms with van der Waals surface area (Å²) < 4.78 is 0. The van der Waals surface area contributed by atoms with E-state index < -0.39 is 0 Å². The van der Waals surface area contributed by atoms with Gasteiger partial charge in [0, 0.05) is 39.8 Å². The van der Waals surface area contributed by atoms with E-state index in [1.807, 2.05) is 18.4 Å². The van der Waals surface area contributed by atoms with E-state index in [4.69, 9.17) is 0 Å². The van der Waals surface area contributed by atoms with Gasteiger partial charge in [-0.3, -0.25) is 4.99 Å². The van der Waals surface area contributed by atoms with Crippen molar-refractivity contribution in [2.45, 2.75) is 12.3 Å². The summed E-state index contributed by atoms with van der Waals surface area (Å²) >= 11 is 1.83. The minimum Gasteiger partial charge on any atom is -0.360 e. The lowest BCUT2D eigenvalue weighted by Gasteiger charge is -2.37. The molecule has 1 aromatic heterocycles. The maximum Gasteiger partial charge on any atom is 0.193 e. The third kappa shape index (κ3) is 4.52. The zero-order chi connectivity index (χ0) is 17.1. The Kier molecular flexibility index (Phi) is 6.80. The summed E-state index contributed by atoms with van der Waals surface area (Å²) in [5, 5.41) is 7.15. The molecule has 2 aromatic rings. The molecular weight excluding hydrogens is 455 g/mol. The Morgan fingerprint density at radius 2 is 1.88 bits per heavy atom. The molecule has 1 aromatic carbocycles. The number of hydrogen-bond acceptors (Lipinski definition) is 3. The van der Waals surface area contributed by atoms with Gasteiger partial charge in [-0.2, -0.15) is 0 Å². The number of piperazine rings is 1. The SMILES string of the molecule is CN=C(NCC1CC1c1ccccc1)N1CCN(c2cccs2)CC1.I. The fraction of sp³-hybridized carbons (Fsp3) is 0.450. The fourth-order valence-electron chi connectivity index (χ4n) is 3.72. The zero-order valence-electron chi connectivity index (χ0n) is 15.2. The van der Waals surface area contributed by atoms with Crippen LogP contribution in [0.4, 0.5) is 5.00 Å². The summed E-state index contributed by atoms with van der Waals surface area (Å²) in [7, 11) is 1.90. The van der Waals surface area contributed by atoms with E-state index in [2.05, 4.69) is 68.0 Å². The second-order valence-corrected chi connectivity index (χ2v) is 7.79. The number of halogens is 1. The zero-order valence-corrected chi connectivity index (χ0v) is 18.3. The first-order valence-electron chi connectivity index (χ1n) is 9.14. The van der Waals surface area contributed by atoms with Gasteiger partial charge in [0.2, 0.25) is 0 Å². The van der Waals surface area contributed by atoms with Gasteiger partial charge < -0.3 is 15.1 Å². The number of hydrogen-bond donors (Lipinski definition) is 1. The van der Waals surface area contributed by atoms with E-state index in [9.17, 15) is 0 Å². The molecule has 2 atom stereocenters. The number of aliphatic imine (C=N–C) groups is 1. The van der Waals surface area contributed by atoms with Gasteiger partial charge in [0.15, 0.2) is 5.96 Å². The quantitative estimate of drug-likeness (QED) is 0.408. The molecular formula is C20H27IN4S. The first-order valence-corrected chi connectivity index (χ1v) is 10.0. The number of guanidine groups is 1. The number of rotatable bonds is 4. The first-order chi connectivity index (χ1) is 12.3. The molecule has 2 heterocycles. The third-order valence-electron chi connectivity index (χ3n) is 5.28. The highest BCUT2D eigenvalue weighted by Crippen LogP contribution is 2.46. The summed E-state index contributed by atoms with van der Waals surface area (Å²) in [5.41, 5.74) is 1.48. The number of nitrogens with one attached hydrogen (secondary N) is 1. The minimum absolute atomic E-state index is 0. The molecule has 0 radical (unpaired) electrons. The summed E-state index contributed by atoms with van der Waals surface area (Å²) in [6, 6.07) is 15.2. The van der Waals surface area contributed by atoms with E-state index in [1.54, 1.807) is 0 Å². The van der Waals surface area contributed by atoms with Gasteiger partial charge in [0.05, 0.1) is 5.00 Å². The molecule has 6 heteroatoms. The average Bonchev–Trinajstić information content (AvgIpc) is 3.24. The Morgan fingerprint density at radius 1 is 1.12 bits per heavy atom. The first kappa shape index (κ1) is 19.5. The molecule has 4 rings (SSSR count). The maximum absolute atomic E-state index is 4.51. The van der Waals surface area contributed by atoms with Gasteiger partial charge in [0.1, 0.15) is 0 Å². The van der Waals surface area contributed by atoms with E-state index in [1.165, 1.54) is 17.0 Å². The normalized spacial score (nSPS) is 22.7. The molecule has 0 bridgehead atoms. The molecule has 140 valence electrons. The van der Waals surface area contributed by atoms with Crippen molar-refractivity contribution in [3.63, 3.8) is 0 Å². The number of thiophene rings is 1. The van der Waals surface area contributed by atoms with Gasteiger partial charge in [-0.05, 0) is 41.3 Å². The largest absolute Gasteiger partial charge is 0.360 e. The summed E-state index contributed by atoms with van der Waals surface area (Å²) in [6.45, 7) is 5.22. The molecule has 2 fully saturated rings. The molecule has 1 saturated heterocycles. The molecule has 1 aliphatic carbocycles. The van der Waals surface area contributed by atoms with Crippen LogP contribution in [0, 0.1) is 5.92 Å². The van der Waals surface area contributed by atoms with Crippen LogP contribution >= 0.6 is 35.3 Å². The van der Waals surface area contributed by atoms with Crippen molar-refractivity contribution in [1.29, 1.82) is 0 Å². The summed E-state index contributed by atoms with van der Waals surface area (Å²) in [4.78, 5) is 9.38. The van der Waals surface area contributed by atoms with E-state index in [0.29, 0.717) is 0 Å². The minimum atomic E-state index is 0. The van der Waals surface area contributed by atoms with Crippen LogP contribution in [0.5, 0.6) is 0 Å². The number of nitrogens with zero attached hydrogens (tertiary/aromatic N) is 3. The van der Waals surface area contributed by atoms with Crippen molar-refractivity contribution in [2.75, 3.05) is 44.7 Å². The smallest absolute Gasteiger partial charge is 0.193 e. The molecule has 0 amide bonds. The summed E-state index contributed by atoms with van der Waals surface area (Å²) in [5.74, 6) is 2.53. The molecule has 2 unspecified atom stereocenters. The average molecular weight is 482 g/mol. The van der Waals surface area contributed by atoms with Crippen molar-refractivity contribution in [3.05, 3.63) is 53.4 Å². The van der Waals surface area contributed by atoms with Crippen LogP contribution in [0.1, 0.15) is 17.9 Å². The highest BCUT2D eigenvalue weighted by atomic mass is 127. The van der Waals surface area contributed by atoms with E-state index >= 15 is 0 Å². The van der Waals surface area contributed by atoms with Gasteiger partial charge in [-0.1, -0.05) is 30.3 Å². The highest BCUT2D eigenvalue weighted by molar-refractivity contribution is 14.0. The molecule has 1 saturated carbocycles. The van der Waals surface area contributed by atoms with Gasteiger partial charge in [-0.25, -0.2) is 0 Å². The number of benzene rings is 1.